The molecule has 2 atom stereocenters. The molecule has 0 bridgehead atoms. The summed E-state index contributed by atoms with van der Waals surface area (Å²) in [5, 5.41) is 19.4. The van der Waals surface area contributed by atoms with E-state index in [1.165, 1.54) is 0 Å². The number of hydrogen-bond donors (Lipinski definition) is 0. The van der Waals surface area contributed by atoms with Crippen molar-refractivity contribution in [1.82, 2.24) is 0 Å². The van der Waals surface area contributed by atoms with E-state index in [1.807, 2.05) is 38.2 Å². The minimum Gasteiger partial charge on any atom is -0.550 e. The van der Waals surface area contributed by atoms with Crippen molar-refractivity contribution < 1.29 is 19.8 Å². The summed E-state index contributed by atoms with van der Waals surface area (Å²) in [6.45, 7) is 4.02. The van der Waals surface area contributed by atoms with E-state index in [0.717, 1.165) is 12.8 Å². The van der Waals surface area contributed by atoms with Crippen molar-refractivity contribution in [3.8, 4) is 0 Å². The van der Waals surface area contributed by atoms with Gasteiger partial charge in [0, 0.05) is 35.5 Å². The van der Waals surface area contributed by atoms with Gasteiger partial charge in [0.2, 0.25) is 0 Å². The van der Waals surface area contributed by atoms with Crippen molar-refractivity contribution in [2.24, 2.45) is 0 Å². The molecule has 0 amide bonds. The van der Waals surface area contributed by atoms with Gasteiger partial charge in [0.25, 0.3) is 0 Å². The Labute approximate surface area is 178 Å². The molecule has 4 nitrogen and oxygen atoms in total. The third-order valence-electron chi connectivity index (χ3n) is 2.36. The van der Waals surface area contributed by atoms with Gasteiger partial charge in [0.15, 0.2) is 0 Å². The predicted molar refractivity (Wildman–Crippen MR) is 92.4 cm³/mol. The van der Waals surface area contributed by atoms with Gasteiger partial charge >= 0.3 is 37.7 Å². The van der Waals surface area contributed by atoms with Crippen molar-refractivity contribution in [2.75, 3.05) is 0 Å². The minimum absolute atomic E-state index is 0. The van der Waals surface area contributed by atoms with Crippen LogP contribution >= 0.6 is 23.2 Å². The minimum atomic E-state index is -1.09. The molecule has 0 fully saturated rings. The quantitative estimate of drug-likeness (QED) is 0.323. The smallest absolute Gasteiger partial charge is 0.550 e. The first-order chi connectivity index (χ1) is 10.3. The molecule has 0 saturated carbocycles. The fourth-order valence-electron chi connectivity index (χ4n) is 1.35. The van der Waals surface area contributed by atoms with Crippen LogP contribution in [0.4, 0.5) is 0 Å². The van der Waals surface area contributed by atoms with Gasteiger partial charge in [-0.3, -0.25) is 0 Å². The average Bonchev–Trinajstić information content (AvgIpc) is 2.38. The topological polar surface area (TPSA) is 80.3 Å². The number of carbonyl (C=O) groups excluding carboxylic acids is 2. The van der Waals surface area contributed by atoms with E-state index in [4.69, 9.17) is 23.2 Å². The predicted octanol–water partition coefficient (Wildman–Crippen LogP) is 1.80. The van der Waals surface area contributed by atoms with Gasteiger partial charge in [0.05, 0.1) is 0 Å². The van der Waals surface area contributed by atoms with Crippen LogP contribution in [0.5, 0.6) is 0 Å². The second-order valence-electron chi connectivity index (χ2n) is 4.58. The second kappa shape index (κ2) is 20.3. The molecule has 128 valence electrons. The van der Waals surface area contributed by atoms with Crippen molar-refractivity contribution in [1.29, 1.82) is 0 Å². The molecule has 7 heteroatoms. The number of allylic oxidation sites excluding steroid dienone is 4. The Balaban J connectivity index is -0.000000333. The first-order valence-corrected chi connectivity index (χ1v) is 8.18. The molecule has 0 aromatic carbocycles. The summed E-state index contributed by atoms with van der Waals surface area (Å²) in [4.78, 5) is 20.0. The molecule has 2 unspecified atom stereocenters. The summed E-state index contributed by atoms with van der Waals surface area (Å²) < 4.78 is 0. The van der Waals surface area contributed by atoms with Gasteiger partial charge in [0.1, 0.15) is 0 Å². The molecule has 0 aliphatic heterocycles. The van der Waals surface area contributed by atoms with Crippen molar-refractivity contribution in [2.45, 2.75) is 63.1 Å². The number of hydrogen-bond acceptors (Lipinski definition) is 4. The number of aliphatic carboxylic acids is 2. The van der Waals surface area contributed by atoms with E-state index in [1.54, 1.807) is 0 Å². The third kappa shape index (κ3) is 27.4. The SMILES string of the molecule is CC/C=C/CC(Cl)CC(=O)[O-].CC/C=C/CC(Cl)CC(=O)[O-].[Ca+2]. The molecular weight excluding hydrogens is 367 g/mol. The zero-order valence-electron chi connectivity index (χ0n) is 13.8. The number of carboxylic acid groups (broad SMARTS) is 2. The molecule has 23 heavy (non-hydrogen) atoms. The zero-order chi connectivity index (χ0) is 17.4. The van der Waals surface area contributed by atoms with Crippen LogP contribution in [0.15, 0.2) is 24.3 Å². The molecular formula is C16H24CaCl2O4. The standard InChI is InChI=1S/2C8H13ClO2.Ca/c2*1-2-3-4-5-7(9)6-8(10)11;/h2*3-4,7H,2,5-6H2,1H3,(H,10,11);/q;;+2/p-2/b2*4-3+;. The molecule has 0 radical (unpaired) electrons. The Morgan fingerprint density at radius 1 is 0.826 bits per heavy atom. The number of carbonyl (C=O) groups is 2. The average molecular weight is 391 g/mol. The first kappa shape index (κ1) is 28.1. The number of carboxylic acids is 2. The monoisotopic (exact) mass is 390 g/mol. The van der Waals surface area contributed by atoms with Crippen LogP contribution < -0.4 is 10.2 Å². The zero-order valence-corrected chi connectivity index (χ0v) is 17.5. The first-order valence-electron chi connectivity index (χ1n) is 7.31. The molecule has 0 rings (SSSR count). The number of alkyl halides is 2. The van der Waals surface area contributed by atoms with Gasteiger partial charge in [-0.1, -0.05) is 38.2 Å². The normalized spacial score (nSPS) is 13.0. The Morgan fingerprint density at radius 3 is 1.35 bits per heavy atom. The van der Waals surface area contributed by atoms with E-state index in [2.05, 4.69) is 0 Å². The van der Waals surface area contributed by atoms with Crippen LogP contribution in [0.25, 0.3) is 0 Å². The molecule has 0 aliphatic carbocycles. The Kier molecular flexibility index (Phi) is 24.8. The number of halogens is 2. The molecule has 0 N–H and O–H groups in total. The summed E-state index contributed by atoms with van der Waals surface area (Å²) in [5.41, 5.74) is 0. The summed E-state index contributed by atoms with van der Waals surface area (Å²) in [5.74, 6) is -2.18. The third-order valence-corrected chi connectivity index (χ3v) is 3.03. The molecule has 0 aliphatic rings. The van der Waals surface area contributed by atoms with E-state index < -0.39 is 11.9 Å². The van der Waals surface area contributed by atoms with Crippen molar-refractivity contribution in [3.05, 3.63) is 24.3 Å². The molecule has 0 saturated heterocycles. The Morgan fingerprint density at radius 2 is 1.13 bits per heavy atom. The van der Waals surface area contributed by atoms with Gasteiger partial charge in [-0.25, -0.2) is 0 Å². The molecule has 0 aromatic rings. The van der Waals surface area contributed by atoms with Crippen LogP contribution in [-0.4, -0.2) is 60.4 Å². The van der Waals surface area contributed by atoms with Crippen molar-refractivity contribution >= 4 is 72.9 Å². The Bertz CT molecular complexity index is 326. The van der Waals surface area contributed by atoms with Gasteiger partial charge in [-0.05, 0) is 25.7 Å². The van der Waals surface area contributed by atoms with E-state index in [9.17, 15) is 19.8 Å². The van der Waals surface area contributed by atoms with Crippen LogP contribution in [-0.2, 0) is 9.59 Å². The van der Waals surface area contributed by atoms with Gasteiger partial charge in [-0.15, -0.1) is 23.2 Å². The largest absolute Gasteiger partial charge is 2.00 e. The van der Waals surface area contributed by atoms with E-state index >= 15 is 0 Å². The van der Waals surface area contributed by atoms with Crippen LogP contribution in [0, 0.1) is 0 Å². The molecule has 0 aromatic heterocycles. The summed E-state index contributed by atoms with van der Waals surface area (Å²) in [7, 11) is 0. The van der Waals surface area contributed by atoms with Crippen LogP contribution in [0.3, 0.4) is 0 Å². The Hall–Kier alpha value is 0.260. The summed E-state index contributed by atoms with van der Waals surface area (Å²) in [6, 6.07) is 0. The molecule has 0 heterocycles. The maximum Gasteiger partial charge on any atom is 2.00 e. The maximum atomic E-state index is 10.0. The number of rotatable bonds is 10. The van der Waals surface area contributed by atoms with Gasteiger partial charge in [-0.2, -0.15) is 0 Å². The van der Waals surface area contributed by atoms with Crippen LogP contribution in [0.2, 0.25) is 0 Å². The second-order valence-corrected chi connectivity index (χ2v) is 5.81. The fourth-order valence-corrected chi connectivity index (χ4v) is 1.81. The van der Waals surface area contributed by atoms with Gasteiger partial charge < -0.3 is 19.8 Å². The summed E-state index contributed by atoms with van der Waals surface area (Å²) >= 11 is 11.3. The summed E-state index contributed by atoms with van der Waals surface area (Å²) in [6.07, 6.45) is 10.7. The maximum absolute atomic E-state index is 10.0. The van der Waals surface area contributed by atoms with E-state index in [0.29, 0.717) is 12.8 Å². The molecule has 0 spiro atoms. The van der Waals surface area contributed by atoms with E-state index in [-0.39, 0.29) is 61.3 Å². The van der Waals surface area contributed by atoms with Crippen molar-refractivity contribution in [3.63, 3.8) is 0 Å². The van der Waals surface area contributed by atoms with Crippen LogP contribution in [0.1, 0.15) is 52.4 Å². The fraction of sp³-hybridized carbons (Fsp3) is 0.625.